The molecule has 0 heterocycles. The summed E-state index contributed by atoms with van der Waals surface area (Å²) in [5.74, 6) is 0. The van der Waals surface area contributed by atoms with E-state index < -0.39 is 0 Å². The van der Waals surface area contributed by atoms with Crippen molar-refractivity contribution in [3.05, 3.63) is 0 Å². The van der Waals surface area contributed by atoms with Crippen LogP contribution >= 0.6 is 0 Å². The molecule has 0 aliphatic heterocycles. The molecule has 0 N–H and O–H groups in total. The zero-order valence-electron chi connectivity index (χ0n) is 1.44. The molecule has 0 bridgehead atoms. The summed E-state index contributed by atoms with van der Waals surface area (Å²) in [5.41, 5.74) is 0. The molecule has 5 heteroatoms. The van der Waals surface area contributed by atoms with Crippen LogP contribution in [0, 0.1) is 0 Å². The second kappa shape index (κ2) is 36.3. The second-order valence-corrected chi connectivity index (χ2v) is 0. The fourth-order valence-corrected chi connectivity index (χ4v) is 0. The molecule has 0 aromatic heterocycles. The predicted molar refractivity (Wildman–Crippen MR) is 7.84 cm³/mol. The fraction of sp³-hybridized carbons (Fsp3) is 0. The maximum atomic E-state index is 0. The van der Waals surface area contributed by atoms with Gasteiger partial charge in [0.15, 0.2) is 0 Å². The van der Waals surface area contributed by atoms with Crippen LogP contribution in [0.1, 0.15) is 0 Å². The maximum absolute atomic E-state index is 0. The molecule has 0 fully saturated rings. The van der Waals surface area contributed by atoms with Crippen molar-refractivity contribution in [2.45, 2.75) is 0 Å². The van der Waals surface area contributed by atoms with Crippen molar-refractivity contribution < 1.29 is 55.8 Å². The number of hydrogen-bond acceptors (Lipinski definition) is 0. The van der Waals surface area contributed by atoms with Crippen molar-refractivity contribution in [1.82, 2.24) is 0 Å². The first-order chi connectivity index (χ1) is 0. The minimum Gasteiger partial charge on any atom is -2.00 e. The largest absolute Gasteiger partial charge is 2.00 e. The normalized spacial score (nSPS) is 0. The third-order valence-electron chi connectivity index (χ3n) is 0. The molecule has 2 radical (unpaired) electrons. The summed E-state index contributed by atoms with van der Waals surface area (Å²) in [5, 5.41) is 0. The van der Waals surface area contributed by atoms with Crippen LogP contribution in [0.3, 0.4) is 0 Å². The van der Waals surface area contributed by atoms with E-state index in [1.54, 1.807) is 0 Å². The van der Waals surface area contributed by atoms with Crippen LogP contribution in [0.25, 0.3) is 0 Å². The molecule has 34 valence electrons. The van der Waals surface area contributed by atoms with Crippen molar-refractivity contribution in [2.75, 3.05) is 0 Å². The Balaban J connectivity index is 0. The van der Waals surface area contributed by atoms with Gasteiger partial charge < -0.3 is 5.48 Å². The zero-order chi connectivity index (χ0) is 0. The van der Waals surface area contributed by atoms with Crippen molar-refractivity contribution in [3.63, 3.8) is 0 Å². The Morgan fingerprint density at radius 2 is 1.00 bits per heavy atom. The Labute approximate surface area is 74.1 Å². The van der Waals surface area contributed by atoms with Crippen molar-refractivity contribution in [1.29, 1.82) is 0 Å². The third-order valence-corrected chi connectivity index (χ3v) is 0. The molecule has 0 saturated heterocycles. The Bertz CT molecular complexity index is 11.6. The van der Waals surface area contributed by atoms with Crippen molar-refractivity contribution in [2.24, 2.45) is 0 Å². The maximum Gasteiger partial charge on any atom is 2.00 e. The molecule has 0 unspecified atom stereocenters. The van der Waals surface area contributed by atoms with Gasteiger partial charge in [0.25, 0.3) is 0 Å². The predicted octanol–water partition coefficient (Wildman–Crippen LogP) is -0.775. The molecule has 0 aliphatic carbocycles. The van der Waals surface area contributed by atoms with Gasteiger partial charge in [0.05, 0.1) is 0 Å². The van der Waals surface area contributed by atoms with E-state index in [0.29, 0.717) is 0 Å². The van der Waals surface area contributed by atoms with Gasteiger partial charge in [-0.2, -0.15) is 0 Å². The van der Waals surface area contributed by atoms with Crippen LogP contribution < -0.4 is 0 Å². The van der Waals surface area contributed by atoms with E-state index >= 15 is 0 Å². The average Bonchev–Trinajstić information content (AvgIpc) is 0. The molecule has 0 aromatic carbocycles. The van der Waals surface area contributed by atoms with E-state index in [2.05, 4.69) is 0 Å². The average molecular weight is 197 g/mol. The van der Waals surface area contributed by atoms with Gasteiger partial charge in [-0.05, 0) is 0 Å². The first-order valence-corrected chi connectivity index (χ1v) is 0. The van der Waals surface area contributed by atoms with E-state index in [4.69, 9.17) is 0 Å². The second-order valence-electron chi connectivity index (χ2n) is 0. The third kappa shape index (κ3) is 23.4. The summed E-state index contributed by atoms with van der Waals surface area (Å²) < 4.78 is 0. The molecular formula is HCoLiMnNiO. The summed E-state index contributed by atoms with van der Waals surface area (Å²) in [6, 6.07) is 0. The Kier molecular flexibility index (Phi) is 440. The van der Waals surface area contributed by atoms with Gasteiger partial charge in [-0.3, -0.25) is 0 Å². The molecule has 5 heavy (non-hydrogen) atoms. The monoisotopic (exact) mass is 196 g/mol. The van der Waals surface area contributed by atoms with E-state index in [1.807, 2.05) is 0 Å². The zero-order valence-corrected chi connectivity index (χ0v) is 4.64. The van der Waals surface area contributed by atoms with E-state index in [9.17, 15) is 0 Å². The van der Waals surface area contributed by atoms with Gasteiger partial charge in [-0.25, -0.2) is 0 Å². The van der Waals surface area contributed by atoms with Crippen LogP contribution in [0.5, 0.6) is 0 Å². The molecule has 0 spiro atoms. The van der Waals surface area contributed by atoms with Gasteiger partial charge in [-0.15, -0.1) is 0 Å². The summed E-state index contributed by atoms with van der Waals surface area (Å²) in [6.07, 6.45) is 0. The van der Waals surface area contributed by atoms with Crippen molar-refractivity contribution >= 4 is 18.9 Å². The molecule has 0 saturated carbocycles. The number of rotatable bonds is 0. The van der Waals surface area contributed by atoms with Crippen LogP contribution in [-0.2, 0) is 55.8 Å². The first kappa shape index (κ1) is 60.6. The quantitative estimate of drug-likeness (QED) is 0.455. The van der Waals surface area contributed by atoms with Crippen LogP contribution in [0.4, 0.5) is 0 Å². The number of hydrogen-bond donors (Lipinski definition) is 0. The molecule has 0 amide bonds. The van der Waals surface area contributed by atoms with E-state index in [1.165, 1.54) is 0 Å². The minimum absolute atomic E-state index is 0. The smallest absolute Gasteiger partial charge is 2.00 e. The summed E-state index contributed by atoms with van der Waals surface area (Å²) >= 11 is 0. The summed E-state index contributed by atoms with van der Waals surface area (Å²) in [4.78, 5) is 0. The molecule has 0 aliphatic rings. The Hall–Kier alpha value is 2.08. The van der Waals surface area contributed by atoms with E-state index in [0.717, 1.165) is 0 Å². The van der Waals surface area contributed by atoms with Crippen LogP contribution in [0.15, 0.2) is 0 Å². The van der Waals surface area contributed by atoms with Gasteiger partial charge in [0.2, 0.25) is 0 Å². The molecule has 0 atom stereocenters. The van der Waals surface area contributed by atoms with E-state index in [-0.39, 0.29) is 74.7 Å². The molecule has 0 aromatic rings. The Morgan fingerprint density at radius 1 is 1.00 bits per heavy atom. The standard InChI is InChI=1S/Co.Li.Mn.Ni.O.H/q;;+2;;-2;. The topological polar surface area (TPSA) is 28.5 Å². The van der Waals surface area contributed by atoms with Crippen LogP contribution in [-0.4, -0.2) is 18.9 Å². The fourth-order valence-electron chi connectivity index (χ4n) is 0. The summed E-state index contributed by atoms with van der Waals surface area (Å²) in [6.45, 7) is 0. The SMILES string of the molecule is [Co].[LiH].[Mn+2].[Ni].[O-2]. The van der Waals surface area contributed by atoms with Gasteiger partial charge in [0.1, 0.15) is 0 Å². The van der Waals surface area contributed by atoms with Gasteiger partial charge in [0, 0.05) is 33.3 Å². The Morgan fingerprint density at radius 3 is 1.00 bits per heavy atom. The summed E-state index contributed by atoms with van der Waals surface area (Å²) in [7, 11) is 0. The molecular weight excluding hydrogens is 196 g/mol. The first-order valence-electron chi connectivity index (χ1n) is 0. The van der Waals surface area contributed by atoms with Gasteiger partial charge >= 0.3 is 35.9 Å². The van der Waals surface area contributed by atoms with Crippen LogP contribution in [0.2, 0.25) is 0 Å². The molecule has 1 nitrogen and oxygen atoms in total. The van der Waals surface area contributed by atoms with Crippen molar-refractivity contribution in [3.8, 4) is 0 Å². The molecule has 0 rings (SSSR count). The van der Waals surface area contributed by atoms with Gasteiger partial charge in [-0.1, -0.05) is 0 Å². The minimum atomic E-state index is 0.